The number of aromatic nitrogens is 2. The van der Waals surface area contributed by atoms with Crippen molar-refractivity contribution in [2.24, 2.45) is 0 Å². The third-order valence-electron chi connectivity index (χ3n) is 2.03. The first kappa shape index (κ1) is 11.2. The molecule has 0 aromatic carbocycles. The van der Waals surface area contributed by atoms with Gasteiger partial charge in [0, 0.05) is 26.0 Å². The lowest BCUT2D eigenvalue weighted by Gasteiger charge is -2.15. The lowest BCUT2D eigenvalue weighted by atomic mass is 10.4. The van der Waals surface area contributed by atoms with E-state index >= 15 is 0 Å². The van der Waals surface area contributed by atoms with E-state index in [0.29, 0.717) is 18.2 Å². The molecular weight excluding hydrogens is 194 g/mol. The zero-order valence-electron chi connectivity index (χ0n) is 8.90. The number of nitrogens with two attached hydrogens (primary N) is 1. The molecule has 3 N–H and O–H groups in total. The quantitative estimate of drug-likeness (QED) is 0.726. The fourth-order valence-corrected chi connectivity index (χ4v) is 0.956. The van der Waals surface area contributed by atoms with E-state index in [2.05, 4.69) is 15.3 Å². The van der Waals surface area contributed by atoms with E-state index in [1.165, 1.54) is 12.4 Å². The molecule has 1 heterocycles. The molecule has 0 bridgehead atoms. The maximum atomic E-state index is 11.4. The number of amides is 1. The van der Waals surface area contributed by atoms with E-state index < -0.39 is 0 Å². The summed E-state index contributed by atoms with van der Waals surface area (Å²) in [5.41, 5.74) is 5.55. The summed E-state index contributed by atoms with van der Waals surface area (Å²) in [6.45, 7) is 2.76. The molecule has 0 saturated carbocycles. The van der Waals surface area contributed by atoms with Crippen LogP contribution in [0, 0.1) is 0 Å². The summed E-state index contributed by atoms with van der Waals surface area (Å²) in [7, 11) is 1.74. The Kier molecular flexibility index (Phi) is 3.84. The second kappa shape index (κ2) is 5.14. The molecule has 1 rings (SSSR count). The smallest absolute Gasteiger partial charge is 0.241 e. The van der Waals surface area contributed by atoms with Crippen molar-refractivity contribution in [2.75, 3.05) is 31.2 Å². The van der Waals surface area contributed by atoms with Crippen molar-refractivity contribution in [2.45, 2.75) is 6.92 Å². The molecule has 0 aliphatic heterocycles. The molecule has 1 aromatic heterocycles. The van der Waals surface area contributed by atoms with Crippen molar-refractivity contribution in [3.8, 4) is 0 Å². The van der Waals surface area contributed by atoms with Crippen molar-refractivity contribution in [1.29, 1.82) is 0 Å². The third kappa shape index (κ3) is 3.08. The van der Waals surface area contributed by atoms with Gasteiger partial charge in [-0.25, -0.2) is 9.97 Å². The van der Waals surface area contributed by atoms with E-state index in [1.54, 1.807) is 11.9 Å². The van der Waals surface area contributed by atoms with Crippen LogP contribution in [-0.2, 0) is 4.79 Å². The van der Waals surface area contributed by atoms with Gasteiger partial charge in [0.15, 0.2) is 11.6 Å². The number of nitrogen functional groups attached to an aromatic ring is 1. The van der Waals surface area contributed by atoms with E-state index in [-0.39, 0.29) is 12.5 Å². The highest BCUT2D eigenvalue weighted by Gasteiger charge is 2.07. The summed E-state index contributed by atoms with van der Waals surface area (Å²) < 4.78 is 0. The number of hydrogen-bond donors (Lipinski definition) is 2. The SMILES string of the molecule is CCN(C)C(=O)CNc1nccnc1N. The maximum absolute atomic E-state index is 11.4. The van der Waals surface area contributed by atoms with Crippen LogP contribution in [0.15, 0.2) is 12.4 Å². The Bertz CT molecular complexity index is 341. The number of nitrogens with zero attached hydrogens (tertiary/aromatic N) is 3. The lowest BCUT2D eigenvalue weighted by molar-refractivity contribution is -0.127. The summed E-state index contributed by atoms with van der Waals surface area (Å²) >= 11 is 0. The molecule has 82 valence electrons. The van der Waals surface area contributed by atoms with Crippen molar-refractivity contribution in [3.63, 3.8) is 0 Å². The Morgan fingerprint density at radius 3 is 2.80 bits per heavy atom. The standard InChI is InChI=1S/C9H15N5O/c1-3-14(2)7(15)6-13-9-8(10)11-4-5-12-9/h4-5H,3,6H2,1-2H3,(H2,10,11)(H,12,13). The number of hydrogen-bond acceptors (Lipinski definition) is 5. The molecule has 0 fully saturated rings. The van der Waals surface area contributed by atoms with E-state index in [1.807, 2.05) is 6.92 Å². The molecule has 0 aliphatic rings. The summed E-state index contributed by atoms with van der Waals surface area (Å²) in [5, 5.41) is 2.84. The molecule has 0 spiro atoms. The van der Waals surface area contributed by atoms with Gasteiger partial charge < -0.3 is 16.0 Å². The fraction of sp³-hybridized carbons (Fsp3) is 0.444. The zero-order chi connectivity index (χ0) is 11.3. The van der Waals surface area contributed by atoms with Gasteiger partial charge in [-0.2, -0.15) is 0 Å². The number of nitrogens with one attached hydrogen (secondary N) is 1. The minimum Gasteiger partial charge on any atom is -0.381 e. The highest BCUT2D eigenvalue weighted by molar-refractivity contribution is 5.81. The summed E-state index contributed by atoms with van der Waals surface area (Å²) in [4.78, 5) is 20.9. The van der Waals surface area contributed by atoms with Crippen molar-refractivity contribution < 1.29 is 4.79 Å². The van der Waals surface area contributed by atoms with Gasteiger partial charge in [-0.15, -0.1) is 0 Å². The van der Waals surface area contributed by atoms with Gasteiger partial charge in [0.2, 0.25) is 5.91 Å². The largest absolute Gasteiger partial charge is 0.381 e. The van der Waals surface area contributed by atoms with Gasteiger partial charge in [0.1, 0.15) is 0 Å². The molecule has 0 atom stereocenters. The van der Waals surface area contributed by atoms with Crippen LogP contribution in [0.5, 0.6) is 0 Å². The Morgan fingerprint density at radius 2 is 2.20 bits per heavy atom. The summed E-state index contributed by atoms with van der Waals surface area (Å²) in [6, 6.07) is 0. The molecule has 0 radical (unpaired) electrons. The molecule has 1 aromatic rings. The van der Waals surface area contributed by atoms with E-state index in [0.717, 1.165) is 0 Å². The highest BCUT2D eigenvalue weighted by Crippen LogP contribution is 2.08. The van der Waals surface area contributed by atoms with Gasteiger partial charge in [0.25, 0.3) is 0 Å². The Labute approximate surface area is 88.5 Å². The van der Waals surface area contributed by atoms with Crippen LogP contribution in [0.3, 0.4) is 0 Å². The van der Waals surface area contributed by atoms with Crippen LogP contribution in [-0.4, -0.2) is 40.9 Å². The second-order valence-electron chi connectivity index (χ2n) is 3.05. The minimum atomic E-state index is -0.0115. The topological polar surface area (TPSA) is 84.1 Å². The molecule has 6 nitrogen and oxygen atoms in total. The predicted molar refractivity (Wildman–Crippen MR) is 58.2 cm³/mol. The first-order valence-corrected chi connectivity index (χ1v) is 4.69. The van der Waals surface area contributed by atoms with Crippen molar-refractivity contribution in [3.05, 3.63) is 12.4 Å². The van der Waals surface area contributed by atoms with E-state index in [9.17, 15) is 4.79 Å². The van der Waals surface area contributed by atoms with Gasteiger partial charge in [-0.05, 0) is 6.92 Å². The first-order valence-electron chi connectivity index (χ1n) is 4.69. The number of carbonyl (C=O) groups is 1. The average molecular weight is 209 g/mol. The van der Waals surface area contributed by atoms with Gasteiger partial charge in [-0.3, -0.25) is 4.79 Å². The van der Waals surface area contributed by atoms with Gasteiger partial charge >= 0.3 is 0 Å². The average Bonchev–Trinajstić information content (AvgIpc) is 2.26. The van der Waals surface area contributed by atoms with Gasteiger partial charge in [-0.1, -0.05) is 0 Å². The van der Waals surface area contributed by atoms with E-state index in [4.69, 9.17) is 5.73 Å². The van der Waals surface area contributed by atoms with Crippen LogP contribution < -0.4 is 11.1 Å². The molecule has 6 heteroatoms. The number of rotatable bonds is 4. The Hall–Kier alpha value is -1.85. The molecule has 0 saturated heterocycles. The van der Waals surface area contributed by atoms with Gasteiger partial charge in [0.05, 0.1) is 6.54 Å². The van der Waals surface area contributed by atoms with Crippen LogP contribution in [0.4, 0.5) is 11.6 Å². The van der Waals surface area contributed by atoms with Crippen molar-refractivity contribution in [1.82, 2.24) is 14.9 Å². The summed E-state index contributed by atoms with van der Waals surface area (Å²) in [6.07, 6.45) is 3.02. The Balaban J connectivity index is 2.51. The van der Waals surface area contributed by atoms with Crippen molar-refractivity contribution >= 4 is 17.5 Å². The highest BCUT2D eigenvalue weighted by atomic mass is 16.2. The van der Waals surface area contributed by atoms with Crippen LogP contribution in [0.2, 0.25) is 0 Å². The van der Waals surface area contributed by atoms with Crippen LogP contribution in [0.25, 0.3) is 0 Å². The second-order valence-corrected chi connectivity index (χ2v) is 3.05. The number of likely N-dealkylation sites (N-methyl/N-ethyl adjacent to an activating group) is 1. The molecule has 15 heavy (non-hydrogen) atoms. The molecule has 1 amide bonds. The normalized spacial score (nSPS) is 9.73. The predicted octanol–water partition coefficient (Wildman–Crippen LogP) is -0.0510. The number of carbonyl (C=O) groups excluding carboxylic acids is 1. The van der Waals surface area contributed by atoms with Crippen LogP contribution in [0.1, 0.15) is 6.92 Å². The van der Waals surface area contributed by atoms with Crippen LogP contribution >= 0.6 is 0 Å². The number of anilines is 2. The first-order chi connectivity index (χ1) is 7.15. The molecule has 0 aliphatic carbocycles. The maximum Gasteiger partial charge on any atom is 0.241 e. The monoisotopic (exact) mass is 209 g/mol. The third-order valence-corrected chi connectivity index (χ3v) is 2.03. The molecule has 0 unspecified atom stereocenters. The molecular formula is C9H15N5O. The fourth-order valence-electron chi connectivity index (χ4n) is 0.956. The zero-order valence-corrected chi connectivity index (χ0v) is 8.90. The minimum absolute atomic E-state index is 0.0115. The lowest BCUT2D eigenvalue weighted by Crippen LogP contribution is -2.32. The summed E-state index contributed by atoms with van der Waals surface area (Å²) in [5.74, 6) is 0.724. The Morgan fingerprint density at radius 1 is 1.53 bits per heavy atom.